The summed E-state index contributed by atoms with van der Waals surface area (Å²) in [5, 5.41) is 3.12. The Kier molecular flexibility index (Phi) is 2.82. The van der Waals surface area contributed by atoms with E-state index in [2.05, 4.69) is 10.3 Å². The third-order valence-electron chi connectivity index (χ3n) is 3.25. The van der Waals surface area contributed by atoms with Crippen molar-refractivity contribution in [2.24, 2.45) is 5.41 Å². The lowest BCUT2D eigenvalue weighted by Crippen LogP contribution is -2.45. The summed E-state index contributed by atoms with van der Waals surface area (Å²) in [7, 11) is 1.90. The number of rotatable bonds is 4. The first-order valence-electron chi connectivity index (χ1n) is 5.38. The van der Waals surface area contributed by atoms with Crippen LogP contribution in [0.3, 0.4) is 0 Å². The molecule has 0 aromatic carbocycles. The fourth-order valence-corrected chi connectivity index (χ4v) is 2.24. The number of nitrogens with one attached hydrogen (secondary N) is 1. The molecule has 1 fully saturated rings. The summed E-state index contributed by atoms with van der Waals surface area (Å²) >= 11 is 0. The van der Waals surface area contributed by atoms with Crippen molar-refractivity contribution in [2.75, 3.05) is 13.6 Å². The van der Waals surface area contributed by atoms with E-state index in [0.29, 0.717) is 0 Å². The summed E-state index contributed by atoms with van der Waals surface area (Å²) in [6.07, 6.45) is 6.54. The number of hydrogen-bond donors (Lipinski definition) is 1. The average Bonchev–Trinajstić information content (AvgIpc) is 2.24. The zero-order chi connectivity index (χ0) is 10.7. The van der Waals surface area contributed by atoms with Gasteiger partial charge in [0.25, 0.3) is 0 Å². The highest BCUT2D eigenvalue weighted by molar-refractivity contribution is 6.01. The molecular weight excluding hydrogens is 188 g/mol. The van der Waals surface area contributed by atoms with E-state index < -0.39 is 0 Å². The zero-order valence-electron chi connectivity index (χ0n) is 8.99. The van der Waals surface area contributed by atoms with E-state index in [9.17, 15) is 4.79 Å². The maximum atomic E-state index is 12.3. The highest BCUT2D eigenvalue weighted by atomic mass is 16.1. The molecule has 1 aliphatic rings. The van der Waals surface area contributed by atoms with Gasteiger partial charge in [-0.25, -0.2) is 0 Å². The Balaban J connectivity index is 2.19. The fourth-order valence-electron chi connectivity index (χ4n) is 2.24. The van der Waals surface area contributed by atoms with Gasteiger partial charge in [0.1, 0.15) is 0 Å². The quantitative estimate of drug-likeness (QED) is 0.758. The lowest BCUT2D eigenvalue weighted by Gasteiger charge is -2.40. The van der Waals surface area contributed by atoms with Gasteiger partial charge in [0, 0.05) is 29.9 Å². The molecule has 1 heterocycles. The van der Waals surface area contributed by atoms with Crippen molar-refractivity contribution in [2.45, 2.75) is 19.3 Å². The van der Waals surface area contributed by atoms with Gasteiger partial charge in [-0.15, -0.1) is 0 Å². The number of nitrogens with zero attached hydrogens (tertiary/aromatic N) is 1. The first-order chi connectivity index (χ1) is 7.28. The summed E-state index contributed by atoms with van der Waals surface area (Å²) < 4.78 is 0. The van der Waals surface area contributed by atoms with Gasteiger partial charge in [-0.1, -0.05) is 6.42 Å². The average molecular weight is 204 g/mol. The van der Waals surface area contributed by atoms with Crippen LogP contribution in [0.15, 0.2) is 24.5 Å². The molecule has 2 rings (SSSR count). The van der Waals surface area contributed by atoms with Crippen LogP contribution in [0.4, 0.5) is 0 Å². The SMILES string of the molecule is CNCC1(C(=O)c2ccncc2)CCC1. The van der Waals surface area contributed by atoms with Gasteiger partial charge in [0.2, 0.25) is 0 Å². The summed E-state index contributed by atoms with van der Waals surface area (Å²) in [4.78, 5) is 16.2. The summed E-state index contributed by atoms with van der Waals surface area (Å²) in [6.45, 7) is 0.786. The van der Waals surface area contributed by atoms with Crippen LogP contribution in [-0.2, 0) is 0 Å². The Morgan fingerprint density at radius 3 is 2.60 bits per heavy atom. The Labute approximate surface area is 89.9 Å². The Morgan fingerprint density at radius 2 is 2.13 bits per heavy atom. The number of carbonyl (C=O) groups is 1. The minimum Gasteiger partial charge on any atom is -0.319 e. The normalized spacial score (nSPS) is 18.2. The molecule has 3 heteroatoms. The van der Waals surface area contributed by atoms with Gasteiger partial charge in [-0.2, -0.15) is 0 Å². The molecule has 0 radical (unpaired) electrons. The van der Waals surface area contributed by atoms with Crippen molar-refractivity contribution >= 4 is 5.78 Å². The molecule has 1 N–H and O–H groups in total. The van der Waals surface area contributed by atoms with Crippen LogP contribution in [0.5, 0.6) is 0 Å². The van der Waals surface area contributed by atoms with E-state index in [-0.39, 0.29) is 11.2 Å². The topological polar surface area (TPSA) is 42.0 Å². The second kappa shape index (κ2) is 4.11. The van der Waals surface area contributed by atoms with Crippen LogP contribution in [0, 0.1) is 5.41 Å². The molecule has 0 atom stereocenters. The molecule has 1 aliphatic carbocycles. The van der Waals surface area contributed by atoms with Gasteiger partial charge in [-0.05, 0) is 32.0 Å². The largest absolute Gasteiger partial charge is 0.319 e. The Hall–Kier alpha value is -1.22. The molecule has 80 valence electrons. The third-order valence-corrected chi connectivity index (χ3v) is 3.25. The molecule has 1 aromatic rings. The molecule has 15 heavy (non-hydrogen) atoms. The monoisotopic (exact) mass is 204 g/mol. The van der Waals surface area contributed by atoms with Crippen molar-refractivity contribution in [1.29, 1.82) is 0 Å². The van der Waals surface area contributed by atoms with Crippen molar-refractivity contribution in [3.63, 3.8) is 0 Å². The molecule has 0 spiro atoms. The van der Waals surface area contributed by atoms with Gasteiger partial charge < -0.3 is 5.32 Å². The first kappa shape index (κ1) is 10.3. The van der Waals surface area contributed by atoms with E-state index in [4.69, 9.17) is 0 Å². The molecule has 0 saturated heterocycles. The van der Waals surface area contributed by atoms with E-state index in [0.717, 1.165) is 24.9 Å². The van der Waals surface area contributed by atoms with Gasteiger partial charge in [0.05, 0.1) is 0 Å². The maximum absolute atomic E-state index is 12.3. The van der Waals surface area contributed by atoms with E-state index in [1.54, 1.807) is 24.5 Å². The molecule has 0 unspecified atom stereocenters. The molecule has 0 aliphatic heterocycles. The maximum Gasteiger partial charge on any atom is 0.170 e. The second-order valence-corrected chi connectivity index (χ2v) is 4.23. The van der Waals surface area contributed by atoms with Crippen molar-refractivity contribution < 1.29 is 4.79 Å². The highest BCUT2D eigenvalue weighted by Crippen LogP contribution is 2.42. The van der Waals surface area contributed by atoms with E-state index in [1.807, 2.05) is 7.05 Å². The summed E-state index contributed by atoms with van der Waals surface area (Å²) in [6, 6.07) is 3.61. The highest BCUT2D eigenvalue weighted by Gasteiger charge is 2.43. The molecule has 0 bridgehead atoms. The minimum absolute atomic E-state index is 0.143. The number of carbonyl (C=O) groups excluding carboxylic acids is 1. The van der Waals surface area contributed by atoms with E-state index in [1.165, 1.54) is 6.42 Å². The van der Waals surface area contributed by atoms with Crippen LogP contribution in [0.2, 0.25) is 0 Å². The third kappa shape index (κ3) is 1.79. The molecular formula is C12H16N2O. The fraction of sp³-hybridized carbons (Fsp3) is 0.500. The molecule has 0 amide bonds. The summed E-state index contributed by atoms with van der Waals surface area (Å²) in [5.41, 5.74) is 0.649. The van der Waals surface area contributed by atoms with Crippen molar-refractivity contribution in [1.82, 2.24) is 10.3 Å². The number of Topliss-reactive ketones (excluding diaryl/α,β-unsaturated/α-hetero) is 1. The Morgan fingerprint density at radius 1 is 1.47 bits per heavy atom. The second-order valence-electron chi connectivity index (χ2n) is 4.23. The summed E-state index contributed by atoms with van der Waals surface area (Å²) in [5.74, 6) is 0.269. The van der Waals surface area contributed by atoms with Crippen LogP contribution >= 0.6 is 0 Å². The van der Waals surface area contributed by atoms with Gasteiger partial charge in [-0.3, -0.25) is 9.78 Å². The lowest BCUT2D eigenvalue weighted by molar-refractivity contribution is 0.0614. The molecule has 1 aromatic heterocycles. The standard InChI is InChI=1S/C12H16N2O/c1-13-9-12(5-2-6-12)11(15)10-3-7-14-8-4-10/h3-4,7-8,13H,2,5-6,9H2,1H3. The number of ketones is 1. The number of aromatic nitrogens is 1. The van der Waals surface area contributed by atoms with E-state index >= 15 is 0 Å². The molecule has 3 nitrogen and oxygen atoms in total. The number of pyridine rings is 1. The van der Waals surface area contributed by atoms with Gasteiger partial charge in [0.15, 0.2) is 5.78 Å². The zero-order valence-corrected chi connectivity index (χ0v) is 8.99. The lowest BCUT2D eigenvalue weighted by atomic mass is 9.64. The predicted octanol–water partition coefficient (Wildman–Crippen LogP) is 1.65. The first-order valence-corrected chi connectivity index (χ1v) is 5.38. The molecule has 1 saturated carbocycles. The van der Waals surface area contributed by atoms with Gasteiger partial charge >= 0.3 is 0 Å². The van der Waals surface area contributed by atoms with Crippen molar-refractivity contribution in [3.8, 4) is 0 Å². The van der Waals surface area contributed by atoms with Crippen LogP contribution < -0.4 is 5.32 Å². The Bertz CT molecular complexity index is 344. The number of hydrogen-bond acceptors (Lipinski definition) is 3. The van der Waals surface area contributed by atoms with Crippen molar-refractivity contribution in [3.05, 3.63) is 30.1 Å². The minimum atomic E-state index is -0.143. The smallest absolute Gasteiger partial charge is 0.170 e. The van der Waals surface area contributed by atoms with Crippen LogP contribution in [0.25, 0.3) is 0 Å². The predicted molar refractivity (Wildman–Crippen MR) is 58.8 cm³/mol. The van der Waals surface area contributed by atoms with Crippen LogP contribution in [-0.4, -0.2) is 24.4 Å². The van der Waals surface area contributed by atoms with Crippen LogP contribution in [0.1, 0.15) is 29.6 Å².